The maximum absolute atomic E-state index is 12.8. The van der Waals surface area contributed by atoms with E-state index in [0.717, 1.165) is 0 Å². The zero-order valence-electron chi connectivity index (χ0n) is 13.7. The Morgan fingerprint density at radius 2 is 1.76 bits per heavy atom. The third-order valence-corrected chi connectivity index (χ3v) is 3.45. The molecule has 0 aliphatic rings. The number of benzene rings is 2. The van der Waals surface area contributed by atoms with Crippen LogP contribution in [0, 0.1) is 5.82 Å². The third-order valence-electron chi connectivity index (χ3n) is 3.21. The number of carbonyl (C=O) groups is 2. The van der Waals surface area contributed by atoms with Gasteiger partial charge in [-0.1, -0.05) is 17.7 Å². The molecule has 0 fully saturated rings. The van der Waals surface area contributed by atoms with Crippen LogP contribution in [0.3, 0.4) is 0 Å². The summed E-state index contributed by atoms with van der Waals surface area (Å²) in [6.45, 7) is 2.93. The first-order valence-corrected chi connectivity index (χ1v) is 7.92. The van der Waals surface area contributed by atoms with Gasteiger partial charge in [-0.25, -0.2) is 9.18 Å². The third kappa shape index (κ3) is 5.76. The minimum atomic E-state index is -1.02. The van der Waals surface area contributed by atoms with Crippen molar-refractivity contribution in [2.75, 3.05) is 5.32 Å². The van der Waals surface area contributed by atoms with Crippen molar-refractivity contribution in [2.45, 2.75) is 26.1 Å². The van der Waals surface area contributed by atoms with Gasteiger partial charge in [0.05, 0.1) is 0 Å². The minimum absolute atomic E-state index is 0.321. The monoisotopic (exact) mass is 365 g/mol. The average Bonchev–Trinajstić information content (AvgIpc) is 2.56. The van der Waals surface area contributed by atoms with Crippen molar-refractivity contribution in [2.24, 2.45) is 0 Å². The summed E-state index contributed by atoms with van der Waals surface area (Å²) in [5.41, 5.74) is 0.496. The molecule has 1 amide bonds. The number of esters is 1. The van der Waals surface area contributed by atoms with Crippen molar-refractivity contribution in [3.8, 4) is 5.75 Å². The number of rotatable bonds is 6. The molecule has 0 aliphatic heterocycles. The minimum Gasteiger partial charge on any atom is -0.479 e. The molecule has 2 rings (SSSR count). The van der Waals surface area contributed by atoms with E-state index in [-0.39, 0.29) is 0 Å². The van der Waals surface area contributed by atoms with E-state index in [9.17, 15) is 14.0 Å². The first kappa shape index (κ1) is 18.7. The molecule has 25 heavy (non-hydrogen) atoms. The molecule has 0 aromatic heterocycles. The molecule has 2 atom stereocenters. The first-order chi connectivity index (χ1) is 11.8. The maximum atomic E-state index is 12.8. The number of amides is 1. The van der Waals surface area contributed by atoms with Gasteiger partial charge in [-0.15, -0.1) is 0 Å². The van der Waals surface area contributed by atoms with E-state index >= 15 is 0 Å². The van der Waals surface area contributed by atoms with Gasteiger partial charge >= 0.3 is 5.97 Å². The smallest absolute Gasteiger partial charge is 0.347 e. The van der Waals surface area contributed by atoms with Crippen molar-refractivity contribution in [1.29, 1.82) is 0 Å². The van der Waals surface area contributed by atoms with Crippen LogP contribution in [0.5, 0.6) is 5.75 Å². The Kier molecular flexibility index (Phi) is 6.36. The van der Waals surface area contributed by atoms with Crippen molar-refractivity contribution in [3.05, 3.63) is 59.4 Å². The van der Waals surface area contributed by atoms with Crippen LogP contribution >= 0.6 is 11.6 Å². The quantitative estimate of drug-likeness (QED) is 0.790. The Hall–Kier alpha value is -2.60. The molecule has 0 saturated carbocycles. The number of anilines is 1. The summed E-state index contributed by atoms with van der Waals surface area (Å²) in [6, 6.07) is 11.8. The fourth-order valence-corrected chi connectivity index (χ4v) is 2.09. The molecule has 2 aromatic carbocycles. The van der Waals surface area contributed by atoms with Gasteiger partial charge in [0, 0.05) is 10.7 Å². The van der Waals surface area contributed by atoms with Gasteiger partial charge in [0.1, 0.15) is 11.6 Å². The molecular formula is C18H17ClFNO4. The van der Waals surface area contributed by atoms with E-state index < -0.39 is 29.9 Å². The lowest BCUT2D eigenvalue weighted by molar-refractivity contribution is -0.159. The molecule has 2 aromatic rings. The fourth-order valence-electron chi connectivity index (χ4n) is 1.90. The summed E-state index contributed by atoms with van der Waals surface area (Å²) in [5.74, 6) is -1.29. The van der Waals surface area contributed by atoms with Crippen LogP contribution in [0.15, 0.2) is 48.5 Å². The van der Waals surface area contributed by atoms with Crippen LogP contribution in [-0.2, 0) is 14.3 Å². The van der Waals surface area contributed by atoms with E-state index in [1.807, 2.05) is 0 Å². The van der Waals surface area contributed by atoms with Gasteiger partial charge in [-0.3, -0.25) is 4.79 Å². The van der Waals surface area contributed by atoms with E-state index in [2.05, 4.69) is 5.32 Å². The Morgan fingerprint density at radius 1 is 1.08 bits per heavy atom. The van der Waals surface area contributed by atoms with Gasteiger partial charge in [-0.05, 0) is 56.3 Å². The predicted molar refractivity (Wildman–Crippen MR) is 92.1 cm³/mol. The lowest BCUT2D eigenvalue weighted by Gasteiger charge is -2.18. The van der Waals surface area contributed by atoms with Crippen molar-refractivity contribution in [1.82, 2.24) is 0 Å². The van der Waals surface area contributed by atoms with Crippen molar-refractivity contribution in [3.63, 3.8) is 0 Å². The van der Waals surface area contributed by atoms with Gasteiger partial charge < -0.3 is 14.8 Å². The van der Waals surface area contributed by atoms with E-state index in [0.29, 0.717) is 16.5 Å². The maximum Gasteiger partial charge on any atom is 0.347 e. The number of ether oxygens (including phenoxy) is 2. The van der Waals surface area contributed by atoms with Gasteiger partial charge in [0.25, 0.3) is 5.91 Å². The Balaban J connectivity index is 1.87. The molecule has 0 bridgehead atoms. The van der Waals surface area contributed by atoms with Crippen LogP contribution in [0.2, 0.25) is 5.02 Å². The number of carbonyl (C=O) groups excluding carboxylic acids is 2. The number of hydrogen-bond acceptors (Lipinski definition) is 4. The Morgan fingerprint density at radius 3 is 2.40 bits per heavy atom. The molecule has 132 valence electrons. The number of nitrogens with one attached hydrogen (secondary N) is 1. The number of halogens is 2. The highest BCUT2D eigenvalue weighted by atomic mass is 35.5. The van der Waals surface area contributed by atoms with Gasteiger partial charge in [0.15, 0.2) is 12.2 Å². The molecule has 7 heteroatoms. The second-order valence-electron chi connectivity index (χ2n) is 5.29. The largest absolute Gasteiger partial charge is 0.479 e. The van der Waals surface area contributed by atoms with Crippen LogP contribution in [0.1, 0.15) is 13.8 Å². The zero-order valence-corrected chi connectivity index (χ0v) is 14.4. The molecule has 0 unspecified atom stereocenters. The highest BCUT2D eigenvalue weighted by Gasteiger charge is 2.23. The highest BCUT2D eigenvalue weighted by molar-refractivity contribution is 6.30. The fraction of sp³-hybridized carbons (Fsp3) is 0.222. The van der Waals surface area contributed by atoms with E-state index in [1.54, 1.807) is 24.3 Å². The summed E-state index contributed by atoms with van der Waals surface area (Å²) in [7, 11) is 0. The molecule has 1 N–H and O–H groups in total. The molecular weight excluding hydrogens is 349 g/mol. The topological polar surface area (TPSA) is 64.6 Å². The summed E-state index contributed by atoms with van der Waals surface area (Å²) in [5, 5.41) is 3.08. The van der Waals surface area contributed by atoms with Crippen LogP contribution in [0.4, 0.5) is 10.1 Å². The van der Waals surface area contributed by atoms with Crippen molar-refractivity contribution < 1.29 is 23.5 Å². The van der Waals surface area contributed by atoms with E-state index in [1.165, 1.54) is 38.1 Å². The standard InChI is InChI=1S/C18H17ClFNO4/c1-11(17(22)21-15-5-3-4-13(19)10-15)25-18(23)12(2)24-16-8-6-14(20)7-9-16/h3-12H,1-2H3,(H,21,22)/t11-,12-/m0/s1. The summed E-state index contributed by atoms with van der Waals surface area (Å²) in [6.07, 6.45) is -1.97. The van der Waals surface area contributed by atoms with Crippen LogP contribution in [-0.4, -0.2) is 24.1 Å². The van der Waals surface area contributed by atoms with Gasteiger partial charge in [0.2, 0.25) is 0 Å². The molecule has 5 nitrogen and oxygen atoms in total. The summed E-state index contributed by atoms with van der Waals surface area (Å²) < 4.78 is 23.3. The molecule has 0 spiro atoms. The van der Waals surface area contributed by atoms with Crippen molar-refractivity contribution >= 4 is 29.2 Å². The molecule has 0 aliphatic carbocycles. The van der Waals surface area contributed by atoms with Gasteiger partial charge in [-0.2, -0.15) is 0 Å². The number of hydrogen-bond donors (Lipinski definition) is 1. The average molecular weight is 366 g/mol. The Bertz CT molecular complexity index is 751. The highest BCUT2D eigenvalue weighted by Crippen LogP contribution is 2.16. The molecule has 0 radical (unpaired) electrons. The lowest BCUT2D eigenvalue weighted by Crippen LogP contribution is -2.35. The van der Waals surface area contributed by atoms with Crippen LogP contribution < -0.4 is 10.1 Å². The molecule has 0 heterocycles. The second-order valence-corrected chi connectivity index (χ2v) is 5.73. The predicted octanol–water partition coefficient (Wildman–Crippen LogP) is 3.82. The first-order valence-electron chi connectivity index (χ1n) is 7.54. The lowest BCUT2D eigenvalue weighted by atomic mass is 10.3. The second kappa shape index (κ2) is 8.48. The summed E-state index contributed by atoms with van der Waals surface area (Å²) in [4.78, 5) is 24.1. The summed E-state index contributed by atoms with van der Waals surface area (Å²) >= 11 is 5.84. The molecule has 0 saturated heterocycles. The SMILES string of the molecule is C[C@H](OC(=O)[C@H](C)Oc1ccc(F)cc1)C(=O)Nc1cccc(Cl)c1. The Labute approximate surface area is 149 Å². The van der Waals surface area contributed by atoms with E-state index in [4.69, 9.17) is 21.1 Å². The zero-order chi connectivity index (χ0) is 18.4. The van der Waals surface area contributed by atoms with Crippen LogP contribution in [0.25, 0.3) is 0 Å². The normalized spacial score (nSPS) is 12.8.